The fourth-order valence-corrected chi connectivity index (χ4v) is 3.93. The highest BCUT2D eigenvalue weighted by molar-refractivity contribution is 7.92. The van der Waals surface area contributed by atoms with Crippen LogP contribution < -0.4 is 5.73 Å². The molecule has 1 aromatic carbocycles. The van der Waals surface area contributed by atoms with Gasteiger partial charge in [0.15, 0.2) is 9.84 Å². The third kappa shape index (κ3) is 5.42. The summed E-state index contributed by atoms with van der Waals surface area (Å²) in [4.78, 5) is 13.7. The molecular weight excluding hydrogens is 300 g/mol. The van der Waals surface area contributed by atoms with E-state index in [-0.39, 0.29) is 23.5 Å². The molecule has 2 N–H and O–H groups in total. The van der Waals surface area contributed by atoms with Crippen molar-refractivity contribution in [2.45, 2.75) is 31.7 Å². The standard InChI is InChI=1S/C16H24N2O3S/c17-15-8-10-18(11-9-15)16(19)13-22(20,21)12-4-7-14-5-2-1-3-6-14/h1-3,5-6,15H,4,7-13,17H2. The number of rotatable bonds is 6. The highest BCUT2D eigenvalue weighted by Crippen LogP contribution is 2.10. The summed E-state index contributed by atoms with van der Waals surface area (Å²) < 4.78 is 24.1. The molecule has 0 atom stereocenters. The van der Waals surface area contributed by atoms with Crippen molar-refractivity contribution in [1.82, 2.24) is 4.90 Å². The van der Waals surface area contributed by atoms with Gasteiger partial charge in [0.25, 0.3) is 0 Å². The normalized spacial score (nSPS) is 16.7. The van der Waals surface area contributed by atoms with Crippen LogP contribution in [0.15, 0.2) is 30.3 Å². The molecule has 0 aliphatic carbocycles. The zero-order valence-corrected chi connectivity index (χ0v) is 13.6. The largest absolute Gasteiger partial charge is 0.342 e. The highest BCUT2D eigenvalue weighted by Gasteiger charge is 2.24. The van der Waals surface area contributed by atoms with Crippen molar-refractivity contribution >= 4 is 15.7 Å². The molecule has 0 spiro atoms. The maximum absolute atomic E-state index is 12.1. The molecule has 1 fully saturated rings. The van der Waals surface area contributed by atoms with Crippen LogP contribution in [0.2, 0.25) is 0 Å². The number of carbonyl (C=O) groups is 1. The predicted molar refractivity (Wildman–Crippen MR) is 87.2 cm³/mol. The second-order valence-electron chi connectivity index (χ2n) is 5.90. The number of hydrogen-bond acceptors (Lipinski definition) is 4. The molecule has 5 nitrogen and oxygen atoms in total. The lowest BCUT2D eigenvalue weighted by atomic mass is 10.1. The van der Waals surface area contributed by atoms with E-state index in [1.54, 1.807) is 4.90 Å². The molecule has 1 heterocycles. The van der Waals surface area contributed by atoms with Crippen LogP contribution in [-0.2, 0) is 21.1 Å². The number of carbonyl (C=O) groups excluding carboxylic acids is 1. The van der Waals surface area contributed by atoms with E-state index in [9.17, 15) is 13.2 Å². The fraction of sp³-hybridized carbons (Fsp3) is 0.562. The first kappa shape index (κ1) is 17.0. The van der Waals surface area contributed by atoms with E-state index in [2.05, 4.69) is 0 Å². The molecule has 6 heteroatoms. The van der Waals surface area contributed by atoms with Crippen LogP contribution in [0.4, 0.5) is 0 Å². The molecule has 0 aromatic heterocycles. The lowest BCUT2D eigenvalue weighted by molar-refractivity contribution is -0.129. The van der Waals surface area contributed by atoms with E-state index in [4.69, 9.17) is 5.73 Å². The first-order valence-corrected chi connectivity index (χ1v) is 9.56. The van der Waals surface area contributed by atoms with Crippen molar-refractivity contribution in [2.24, 2.45) is 5.73 Å². The number of likely N-dealkylation sites (tertiary alicyclic amines) is 1. The molecule has 0 unspecified atom stereocenters. The summed E-state index contributed by atoms with van der Waals surface area (Å²) in [5.41, 5.74) is 6.91. The van der Waals surface area contributed by atoms with Gasteiger partial charge in [-0.15, -0.1) is 0 Å². The van der Waals surface area contributed by atoms with E-state index in [1.165, 1.54) is 0 Å². The number of hydrogen-bond donors (Lipinski definition) is 1. The number of nitrogens with two attached hydrogens (primary N) is 1. The maximum atomic E-state index is 12.1. The van der Waals surface area contributed by atoms with Crippen LogP contribution in [0.5, 0.6) is 0 Å². The minimum atomic E-state index is -3.34. The lowest BCUT2D eigenvalue weighted by Crippen LogP contribution is -2.45. The van der Waals surface area contributed by atoms with Crippen molar-refractivity contribution in [3.8, 4) is 0 Å². The molecule has 1 aliphatic heterocycles. The quantitative estimate of drug-likeness (QED) is 0.846. The van der Waals surface area contributed by atoms with Gasteiger partial charge in [0.1, 0.15) is 5.75 Å². The summed E-state index contributed by atoms with van der Waals surface area (Å²) in [5, 5.41) is 0. The molecule has 122 valence electrons. The van der Waals surface area contributed by atoms with Gasteiger partial charge in [0, 0.05) is 19.1 Å². The summed E-state index contributed by atoms with van der Waals surface area (Å²) in [6.07, 6.45) is 2.76. The van der Waals surface area contributed by atoms with Crippen molar-refractivity contribution < 1.29 is 13.2 Å². The Bertz CT molecular complexity index is 579. The molecule has 0 saturated carbocycles. The summed E-state index contributed by atoms with van der Waals surface area (Å²) in [7, 11) is -3.34. The first-order valence-electron chi connectivity index (χ1n) is 7.74. The van der Waals surface area contributed by atoms with E-state index in [1.807, 2.05) is 30.3 Å². The Kier molecular flexibility index (Phi) is 5.97. The summed E-state index contributed by atoms with van der Waals surface area (Å²) in [6, 6.07) is 9.90. The molecule has 0 radical (unpaired) electrons. The fourth-order valence-electron chi connectivity index (χ4n) is 2.64. The molecule has 1 saturated heterocycles. The Hall–Kier alpha value is -1.40. The summed E-state index contributed by atoms with van der Waals surface area (Å²) in [6.45, 7) is 1.14. The number of nitrogens with zero attached hydrogens (tertiary/aromatic N) is 1. The zero-order valence-electron chi connectivity index (χ0n) is 12.8. The molecular formula is C16H24N2O3S. The Morgan fingerprint density at radius 1 is 1.18 bits per heavy atom. The van der Waals surface area contributed by atoms with E-state index >= 15 is 0 Å². The Labute approximate surface area is 132 Å². The SMILES string of the molecule is NC1CCN(C(=O)CS(=O)(=O)CCCc2ccccc2)CC1. The maximum Gasteiger partial charge on any atom is 0.237 e. The van der Waals surface area contributed by atoms with Gasteiger partial charge in [0.05, 0.1) is 5.75 Å². The second kappa shape index (κ2) is 7.74. The molecule has 22 heavy (non-hydrogen) atoms. The van der Waals surface area contributed by atoms with Gasteiger partial charge in [-0.2, -0.15) is 0 Å². The van der Waals surface area contributed by atoms with E-state index < -0.39 is 9.84 Å². The van der Waals surface area contributed by atoms with Gasteiger partial charge < -0.3 is 10.6 Å². The number of benzene rings is 1. The van der Waals surface area contributed by atoms with Crippen LogP contribution in [0.25, 0.3) is 0 Å². The van der Waals surface area contributed by atoms with Crippen LogP contribution in [0, 0.1) is 0 Å². The minimum absolute atomic E-state index is 0.0565. The van der Waals surface area contributed by atoms with Gasteiger partial charge in [0.2, 0.25) is 5.91 Å². The third-order valence-electron chi connectivity index (χ3n) is 4.00. The average molecular weight is 324 g/mol. The van der Waals surface area contributed by atoms with Gasteiger partial charge >= 0.3 is 0 Å². The van der Waals surface area contributed by atoms with Crippen LogP contribution in [0.1, 0.15) is 24.8 Å². The molecule has 1 amide bonds. The molecule has 1 aromatic rings. The van der Waals surface area contributed by atoms with Gasteiger partial charge in [-0.1, -0.05) is 30.3 Å². The predicted octanol–water partition coefficient (Wildman–Crippen LogP) is 0.984. The zero-order chi connectivity index (χ0) is 16.0. The van der Waals surface area contributed by atoms with Crippen LogP contribution >= 0.6 is 0 Å². The molecule has 1 aliphatic rings. The lowest BCUT2D eigenvalue weighted by Gasteiger charge is -2.30. The molecule has 2 rings (SSSR count). The number of amides is 1. The van der Waals surface area contributed by atoms with Gasteiger partial charge in [-0.25, -0.2) is 8.42 Å². The average Bonchev–Trinajstić information content (AvgIpc) is 2.48. The highest BCUT2D eigenvalue weighted by atomic mass is 32.2. The summed E-state index contributed by atoms with van der Waals surface area (Å²) >= 11 is 0. The van der Waals surface area contributed by atoms with E-state index in [0.717, 1.165) is 18.4 Å². The Balaban J connectivity index is 1.77. The second-order valence-corrected chi connectivity index (χ2v) is 8.08. The number of piperidine rings is 1. The Morgan fingerprint density at radius 3 is 2.45 bits per heavy atom. The van der Waals surface area contributed by atoms with Crippen molar-refractivity contribution in [2.75, 3.05) is 24.6 Å². The van der Waals surface area contributed by atoms with Gasteiger partial charge in [-0.3, -0.25) is 4.79 Å². The Morgan fingerprint density at radius 2 is 1.82 bits per heavy atom. The van der Waals surface area contributed by atoms with Crippen LogP contribution in [-0.4, -0.2) is 49.9 Å². The smallest absolute Gasteiger partial charge is 0.237 e. The monoisotopic (exact) mass is 324 g/mol. The minimum Gasteiger partial charge on any atom is -0.342 e. The van der Waals surface area contributed by atoms with Crippen molar-refractivity contribution in [1.29, 1.82) is 0 Å². The van der Waals surface area contributed by atoms with E-state index in [0.29, 0.717) is 25.9 Å². The third-order valence-corrected chi connectivity index (χ3v) is 5.60. The number of sulfone groups is 1. The van der Waals surface area contributed by atoms with Gasteiger partial charge in [-0.05, 0) is 31.2 Å². The van der Waals surface area contributed by atoms with Crippen molar-refractivity contribution in [3.05, 3.63) is 35.9 Å². The summed E-state index contributed by atoms with van der Waals surface area (Å²) in [5.74, 6) is -0.607. The molecule has 0 bridgehead atoms. The first-order chi connectivity index (χ1) is 10.5. The topological polar surface area (TPSA) is 80.5 Å². The van der Waals surface area contributed by atoms with Crippen molar-refractivity contribution in [3.63, 3.8) is 0 Å². The van der Waals surface area contributed by atoms with Crippen LogP contribution in [0.3, 0.4) is 0 Å². The number of aryl methyl sites for hydroxylation is 1.